The molecule has 72 valence electrons. The van der Waals surface area contributed by atoms with Gasteiger partial charge in [-0.25, -0.2) is 0 Å². The van der Waals surface area contributed by atoms with Crippen molar-refractivity contribution in [2.45, 2.75) is 44.6 Å². The number of hydrogen-bond donors (Lipinski definition) is 1. The lowest BCUT2D eigenvalue weighted by Gasteiger charge is -2.23. The molecule has 1 saturated heterocycles. The summed E-state index contributed by atoms with van der Waals surface area (Å²) in [5.41, 5.74) is 6.23. The molecule has 2 unspecified atom stereocenters. The molecular formula is C9H21N2P. The van der Waals surface area contributed by atoms with Crippen LogP contribution in [0.3, 0.4) is 0 Å². The molecule has 1 aliphatic rings. The van der Waals surface area contributed by atoms with Crippen LogP contribution in [0.4, 0.5) is 0 Å². The first-order chi connectivity index (χ1) is 5.60. The fourth-order valence-corrected chi connectivity index (χ4v) is 2.13. The van der Waals surface area contributed by atoms with Gasteiger partial charge in [0.15, 0.2) is 0 Å². The van der Waals surface area contributed by atoms with Gasteiger partial charge in [-0.3, -0.25) is 4.67 Å². The molecule has 0 aliphatic carbocycles. The Morgan fingerprint density at radius 2 is 1.75 bits per heavy atom. The summed E-state index contributed by atoms with van der Waals surface area (Å²) in [4.78, 5) is 0. The quantitative estimate of drug-likeness (QED) is 0.587. The Hall–Kier alpha value is 0.350. The Morgan fingerprint density at radius 3 is 2.50 bits per heavy atom. The van der Waals surface area contributed by atoms with E-state index >= 15 is 0 Å². The Bertz CT molecular complexity index is 136. The zero-order chi connectivity index (χ0) is 9.03. The summed E-state index contributed by atoms with van der Waals surface area (Å²) in [7, 11) is 2.80. The minimum Gasteiger partial charge on any atom is -0.325 e. The molecule has 1 aliphatic heterocycles. The summed E-state index contributed by atoms with van der Waals surface area (Å²) < 4.78 is 2.33. The number of nitrogens with two attached hydrogens (primary N) is 1. The minimum absolute atomic E-state index is 0.0931. The van der Waals surface area contributed by atoms with Crippen LogP contribution >= 0.6 is 9.39 Å². The van der Waals surface area contributed by atoms with E-state index in [1.165, 1.54) is 38.8 Å². The van der Waals surface area contributed by atoms with E-state index in [0.717, 1.165) is 6.42 Å². The summed E-state index contributed by atoms with van der Waals surface area (Å²) in [5, 5.41) is 0. The van der Waals surface area contributed by atoms with E-state index in [1.54, 1.807) is 0 Å². The second kappa shape index (κ2) is 4.55. The van der Waals surface area contributed by atoms with E-state index in [2.05, 4.69) is 21.0 Å². The largest absolute Gasteiger partial charge is 0.325 e. The Kier molecular flexibility index (Phi) is 3.95. The highest BCUT2D eigenvalue weighted by Gasteiger charge is 2.18. The Morgan fingerprint density at radius 1 is 1.17 bits per heavy atom. The Balaban J connectivity index is 2.37. The molecule has 0 aromatic heterocycles. The summed E-state index contributed by atoms with van der Waals surface area (Å²) in [5.74, 6) is 0. The monoisotopic (exact) mass is 188 g/mol. The van der Waals surface area contributed by atoms with E-state index in [9.17, 15) is 0 Å². The molecule has 0 spiro atoms. The number of rotatable bonds is 0. The smallest absolute Gasteiger partial charge is 0.0126 e. The van der Waals surface area contributed by atoms with Crippen molar-refractivity contribution in [1.82, 2.24) is 4.67 Å². The van der Waals surface area contributed by atoms with Gasteiger partial charge in [0.2, 0.25) is 0 Å². The fourth-order valence-electron chi connectivity index (χ4n) is 1.77. The molecule has 1 rings (SSSR count). The maximum Gasteiger partial charge on any atom is 0.0126 e. The summed E-state index contributed by atoms with van der Waals surface area (Å²) in [6.07, 6.45) is 6.15. The van der Waals surface area contributed by atoms with Gasteiger partial charge >= 0.3 is 0 Å². The predicted octanol–water partition coefficient (Wildman–Crippen LogP) is 1.76. The van der Waals surface area contributed by atoms with Crippen LogP contribution in [0.1, 0.15) is 39.0 Å². The molecule has 0 saturated carbocycles. The zero-order valence-electron chi connectivity index (χ0n) is 8.05. The maximum atomic E-state index is 6.14. The van der Waals surface area contributed by atoms with Gasteiger partial charge in [0.1, 0.15) is 0 Å². The first-order valence-corrected chi connectivity index (χ1v) is 5.40. The fraction of sp³-hybridized carbons (Fsp3) is 1.00. The molecular weight excluding hydrogens is 167 g/mol. The van der Waals surface area contributed by atoms with E-state index in [0.29, 0.717) is 0 Å². The van der Waals surface area contributed by atoms with Crippen molar-refractivity contribution >= 4 is 9.39 Å². The number of hydrogen-bond acceptors (Lipinski definition) is 2. The van der Waals surface area contributed by atoms with Gasteiger partial charge in [-0.15, -0.1) is 0 Å². The molecule has 2 N–H and O–H groups in total. The molecule has 2 atom stereocenters. The van der Waals surface area contributed by atoms with Gasteiger partial charge in [-0.2, -0.15) is 0 Å². The highest BCUT2D eigenvalue weighted by atomic mass is 31.0. The van der Waals surface area contributed by atoms with Crippen molar-refractivity contribution in [3.63, 3.8) is 0 Å². The van der Waals surface area contributed by atoms with Gasteiger partial charge in [-0.05, 0) is 32.6 Å². The topological polar surface area (TPSA) is 29.3 Å². The van der Waals surface area contributed by atoms with Crippen molar-refractivity contribution < 1.29 is 0 Å². The van der Waals surface area contributed by atoms with Crippen molar-refractivity contribution in [3.8, 4) is 0 Å². The SMILES string of the molecule is CC1(N)CCCCN(P)CCC1. The molecule has 1 heterocycles. The lowest BCUT2D eigenvalue weighted by molar-refractivity contribution is 0.382. The molecule has 1 fully saturated rings. The standard InChI is InChI=1S/C9H21N2P/c1-9(10)5-2-3-7-11(12)8-4-6-9/h2-8,10,12H2,1H3. The van der Waals surface area contributed by atoms with Crippen LogP contribution in [0.5, 0.6) is 0 Å². The third-order valence-electron chi connectivity index (χ3n) is 2.64. The summed E-state index contributed by atoms with van der Waals surface area (Å²) >= 11 is 0. The first kappa shape index (κ1) is 10.4. The molecule has 0 radical (unpaired) electrons. The van der Waals surface area contributed by atoms with Gasteiger partial charge in [0, 0.05) is 18.6 Å². The van der Waals surface area contributed by atoms with E-state index in [4.69, 9.17) is 5.73 Å². The lowest BCUT2D eigenvalue weighted by atomic mass is 9.91. The van der Waals surface area contributed by atoms with Crippen molar-refractivity contribution in [1.29, 1.82) is 0 Å². The lowest BCUT2D eigenvalue weighted by Crippen LogP contribution is -2.35. The van der Waals surface area contributed by atoms with Crippen molar-refractivity contribution in [2.75, 3.05) is 13.1 Å². The average molecular weight is 188 g/mol. The molecule has 2 nitrogen and oxygen atoms in total. The van der Waals surface area contributed by atoms with Crippen LogP contribution in [0, 0.1) is 0 Å². The highest BCUT2D eigenvalue weighted by molar-refractivity contribution is 7.13. The van der Waals surface area contributed by atoms with Crippen LogP contribution in [0.15, 0.2) is 0 Å². The Labute approximate surface area is 78.1 Å². The predicted molar refractivity (Wildman–Crippen MR) is 57.0 cm³/mol. The van der Waals surface area contributed by atoms with Crippen LogP contribution in [-0.4, -0.2) is 23.3 Å². The number of nitrogens with zero attached hydrogens (tertiary/aromatic N) is 1. The van der Waals surface area contributed by atoms with Crippen LogP contribution in [-0.2, 0) is 0 Å². The maximum absolute atomic E-state index is 6.14. The summed E-state index contributed by atoms with van der Waals surface area (Å²) in [6, 6.07) is 0. The zero-order valence-corrected chi connectivity index (χ0v) is 9.21. The molecule has 12 heavy (non-hydrogen) atoms. The van der Waals surface area contributed by atoms with Crippen LogP contribution in [0.2, 0.25) is 0 Å². The van der Waals surface area contributed by atoms with E-state index in [1.807, 2.05) is 0 Å². The van der Waals surface area contributed by atoms with Gasteiger partial charge in [0.05, 0.1) is 0 Å². The van der Waals surface area contributed by atoms with Gasteiger partial charge in [-0.1, -0.05) is 15.8 Å². The second-order valence-corrected chi connectivity index (χ2v) is 4.98. The van der Waals surface area contributed by atoms with Crippen molar-refractivity contribution in [2.24, 2.45) is 5.73 Å². The molecule has 3 heteroatoms. The van der Waals surface area contributed by atoms with Gasteiger partial charge in [0.25, 0.3) is 0 Å². The molecule has 0 aromatic carbocycles. The minimum atomic E-state index is 0.0931. The van der Waals surface area contributed by atoms with Crippen LogP contribution < -0.4 is 5.73 Å². The highest BCUT2D eigenvalue weighted by Crippen LogP contribution is 2.20. The van der Waals surface area contributed by atoms with E-state index in [-0.39, 0.29) is 5.54 Å². The third kappa shape index (κ3) is 3.84. The van der Waals surface area contributed by atoms with Crippen LogP contribution in [0.25, 0.3) is 0 Å². The molecule has 0 bridgehead atoms. The van der Waals surface area contributed by atoms with E-state index < -0.39 is 0 Å². The van der Waals surface area contributed by atoms with Crippen molar-refractivity contribution in [3.05, 3.63) is 0 Å². The van der Waals surface area contributed by atoms with Gasteiger partial charge < -0.3 is 5.73 Å². The first-order valence-electron chi connectivity index (χ1n) is 4.89. The summed E-state index contributed by atoms with van der Waals surface area (Å²) in [6.45, 7) is 4.57. The molecule has 0 amide bonds. The average Bonchev–Trinajstić information content (AvgIpc) is 2.02. The normalized spacial score (nSPS) is 35.2. The molecule has 0 aromatic rings. The second-order valence-electron chi connectivity index (χ2n) is 4.25. The third-order valence-corrected chi connectivity index (χ3v) is 3.15.